The number of hydrogen-bond acceptors (Lipinski definition) is 4. The molecule has 0 spiro atoms. The van der Waals surface area contributed by atoms with Crippen LogP contribution in [0.1, 0.15) is 36.0 Å². The first-order valence-electron chi connectivity index (χ1n) is 9.41. The third kappa shape index (κ3) is 5.89. The maximum absolute atomic E-state index is 13.6. The van der Waals surface area contributed by atoms with Crippen LogP contribution in [-0.2, 0) is 9.84 Å². The van der Waals surface area contributed by atoms with Crippen molar-refractivity contribution in [1.82, 2.24) is 5.32 Å². The van der Waals surface area contributed by atoms with Crippen molar-refractivity contribution in [2.75, 3.05) is 0 Å². The zero-order valence-electron chi connectivity index (χ0n) is 16.3. The SMILES string of the molecule is O=C(NC1CCC(S(=O)(=O)c2ccc(F)c(OC(F)(F)F)c2)CC1)c1cc(F)cc(Cl)c1. The summed E-state index contributed by atoms with van der Waals surface area (Å²) in [5.74, 6) is -3.81. The molecule has 2 aromatic rings. The third-order valence-electron chi connectivity index (χ3n) is 5.03. The summed E-state index contributed by atoms with van der Waals surface area (Å²) in [6.07, 6.45) is -4.41. The van der Waals surface area contributed by atoms with Crippen LogP contribution in [0.4, 0.5) is 22.0 Å². The Morgan fingerprint density at radius 2 is 1.69 bits per heavy atom. The molecular weight excluding hydrogens is 481 g/mol. The lowest BCUT2D eigenvalue weighted by Crippen LogP contribution is -2.40. The Labute approximate surface area is 185 Å². The molecule has 1 fully saturated rings. The summed E-state index contributed by atoms with van der Waals surface area (Å²) in [4.78, 5) is 11.8. The summed E-state index contributed by atoms with van der Waals surface area (Å²) >= 11 is 5.74. The molecule has 1 N–H and O–H groups in total. The van der Waals surface area contributed by atoms with Gasteiger partial charge in [-0.2, -0.15) is 0 Å². The van der Waals surface area contributed by atoms with Gasteiger partial charge in [0.25, 0.3) is 5.91 Å². The minimum absolute atomic E-state index is 0.0215. The average molecular weight is 498 g/mol. The molecule has 1 amide bonds. The maximum atomic E-state index is 13.6. The summed E-state index contributed by atoms with van der Waals surface area (Å²) in [6.45, 7) is 0. The fourth-order valence-electron chi connectivity index (χ4n) is 3.53. The first-order chi connectivity index (χ1) is 14.8. The van der Waals surface area contributed by atoms with Crippen molar-refractivity contribution < 1.29 is 39.9 Å². The average Bonchev–Trinajstić information content (AvgIpc) is 2.68. The predicted octanol–water partition coefficient (Wildman–Crippen LogP) is 5.03. The molecule has 174 valence electrons. The molecule has 2 aromatic carbocycles. The lowest BCUT2D eigenvalue weighted by molar-refractivity contribution is -0.275. The van der Waals surface area contributed by atoms with Gasteiger partial charge in [0.2, 0.25) is 0 Å². The van der Waals surface area contributed by atoms with E-state index >= 15 is 0 Å². The minimum atomic E-state index is -5.18. The van der Waals surface area contributed by atoms with Crippen LogP contribution in [0.3, 0.4) is 0 Å². The number of hydrogen-bond donors (Lipinski definition) is 1. The van der Waals surface area contributed by atoms with Crippen LogP contribution < -0.4 is 10.1 Å². The molecule has 3 rings (SSSR count). The van der Waals surface area contributed by atoms with E-state index < -0.39 is 49.6 Å². The highest BCUT2D eigenvalue weighted by molar-refractivity contribution is 7.92. The van der Waals surface area contributed by atoms with Gasteiger partial charge < -0.3 is 10.1 Å². The fraction of sp³-hybridized carbons (Fsp3) is 0.350. The number of amides is 1. The van der Waals surface area contributed by atoms with Gasteiger partial charge in [-0.1, -0.05) is 11.6 Å². The van der Waals surface area contributed by atoms with Gasteiger partial charge >= 0.3 is 6.36 Å². The highest BCUT2D eigenvalue weighted by Crippen LogP contribution is 2.33. The summed E-state index contributed by atoms with van der Waals surface area (Å²) in [7, 11) is -4.07. The summed E-state index contributed by atoms with van der Waals surface area (Å²) in [6, 6.07) is 4.99. The minimum Gasteiger partial charge on any atom is -0.403 e. The van der Waals surface area contributed by atoms with E-state index in [1.165, 1.54) is 6.07 Å². The Morgan fingerprint density at radius 1 is 1.03 bits per heavy atom. The largest absolute Gasteiger partial charge is 0.573 e. The Bertz CT molecular complexity index is 1100. The molecular formula is C20H17ClF5NO4S. The highest BCUT2D eigenvalue weighted by atomic mass is 35.5. The zero-order valence-corrected chi connectivity index (χ0v) is 17.8. The molecule has 1 aliphatic carbocycles. The van der Waals surface area contributed by atoms with Gasteiger partial charge in [-0.3, -0.25) is 4.79 Å². The summed E-state index contributed by atoms with van der Waals surface area (Å²) < 4.78 is 93.5. The number of halogens is 6. The molecule has 32 heavy (non-hydrogen) atoms. The molecule has 0 aromatic heterocycles. The monoisotopic (exact) mass is 497 g/mol. The Kier molecular flexibility index (Phi) is 6.99. The van der Waals surface area contributed by atoms with Gasteiger partial charge in [0, 0.05) is 22.7 Å². The molecule has 0 aliphatic heterocycles. The molecule has 5 nitrogen and oxygen atoms in total. The molecule has 0 saturated heterocycles. The Hall–Kier alpha value is -2.40. The standard InChI is InChI=1S/C20H17ClF5NO4S/c21-12-7-11(8-13(22)9-12)19(28)27-14-1-3-15(4-2-14)32(29,30)16-5-6-17(23)18(10-16)31-20(24,25)26/h5-10,14-15H,1-4H2,(H,27,28). The van der Waals surface area contributed by atoms with E-state index in [0.717, 1.165) is 18.2 Å². The van der Waals surface area contributed by atoms with Gasteiger partial charge in [0.05, 0.1) is 10.1 Å². The van der Waals surface area contributed by atoms with Crippen LogP contribution in [0.5, 0.6) is 5.75 Å². The molecule has 0 heterocycles. The Balaban J connectivity index is 1.66. The van der Waals surface area contributed by atoms with Gasteiger partial charge in [-0.05, 0) is 56.0 Å². The summed E-state index contributed by atoms with van der Waals surface area (Å²) in [5.41, 5.74) is 0.0215. The summed E-state index contributed by atoms with van der Waals surface area (Å²) in [5, 5.41) is 1.82. The van der Waals surface area contributed by atoms with Crippen molar-refractivity contribution in [3.05, 3.63) is 58.6 Å². The van der Waals surface area contributed by atoms with Crippen molar-refractivity contribution in [3.8, 4) is 5.75 Å². The van der Waals surface area contributed by atoms with Crippen molar-refractivity contribution in [1.29, 1.82) is 0 Å². The molecule has 0 unspecified atom stereocenters. The van der Waals surface area contributed by atoms with Crippen LogP contribution in [0.25, 0.3) is 0 Å². The van der Waals surface area contributed by atoms with E-state index in [4.69, 9.17) is 11.6 Å². The molecule has 0 atom stereocenters. The van der Waals surface area contributed by atoms with Gasteiger partial charge in [0.15, 0.2) is 21.4 Å². The second-order valence-electron chi connectivity index (χ2n) is 7.29. The van der Waals surface area contributed by atoms with E-state index in [2.05, 4.69) is 10.1 Å². The topological polar surface area (TPSA) is 72.5 Å². The van der Waals surface area contributed by atoms with Crippen molar-refractivity contribution in [3.63, 3.8) is 0 Å². The molecule has 12 heteroatoms. The second-order valence-corrected chi connectivity index (χ2v) is 9.95. The number of benzene rings is 2. The van der Waals surface area contributed by atoms with Gasteiger partial charge in [0.1, 0.15) is 5.82 Å². The van der Waals surface area contributed by atoms with Crippen LogP contribution >= 0.6 is 11.6 Å². The van der Waals surface area contributed by atoms with Crippen molar-refractivity contribution in [2.24, 2.45) is 0 Å². The number of nitrogens with one attached hydrogen (secondary N) is 1. The number of alkyl halides is 3. The maximum Gasteiger partial charge on any atom is 0.573 e. The number of sulfone groups is 1. The van der Waals surface area contributed by atoms with Crippen molar-refractivity contribution >= 4 is 27.3 Å². The van der Waals surface area contributed by atoms with E-state index in [9.17, 15) is 35.2 Å². The lowest BCUT2D eigenvalue weighted by Gasteiger charge is -2.29. The normalized spacial score (nSPS) is 19.4. The second kappa shape index (κ2) is 9.22. The quantitative estimate of drug-likeness (QED) is 0.464. The molecule has 0 radical (unpaired) electrons. The van der Waals surface area contributed by atoms with Crippen molar-refractivity contribution in [2.45, 2.75) is 48.2 Å². The molecule has 0 bridgehead atoms. The van der Waals surface area contributed by atoms with Crippen LogP contribution in [0.15, 0.2) is 41.3 Å². The van der Waals surface area contributed by atoms with E-state index in [0.29, 0.717) is 12.1 Å². The number of carbonyl (C=O) groups excluding carboxylic acids is 1. The van der Waals surface area contributed by atoms with E-state index in [1.54, 1.807) is 0 Å². The third-order valence-corrected chi connectivity index (χ3v) is 7.51. The van der Waals surface area contributed by atoms with Crippen LogP contribution in [0, 0.1) is 11.6 Å². The number of ether oxygens (including phenoxy) is 1. The van der Waals surface area contributed by atoms with Crippen LogP contribution in [0.2, 0.25) is 5.02 Å². The van der Waals surface area contributed by atoms with Gasteiger partial charge in [-0.25, -0.2) is 17.2 Å². The zero-order chi connectivity index (χ0) is 23.7. The fourth-order valence-corrected chi connectivity index (χ4v) is 5.56. The molecule has 1 aliphatic rings. The van der Waals surface area contributed by atoms with Crippen LogP contribution in [-0.4, -0.2) is 32.0 Å². The number of carbonyl (C=O) groups is 1. The Morgan fingerprint density at radius 3 is 2.28 bits per heavy atom. The highest BCUT2D eigenvalue weighted by Gasteiger charge is 2.35. The predicted molar refractivity (Wildman–Crippen MR) is 105 cm³/mol. The smallest absolute Gasteiger partial charge is 0.403 e. The first-order valence-corrected chi connectivity index (χ1v) is 11.3. The lowest BCUT2D eigenvalue weighted by atomic mass is 9.94. The molecule has 1 saturated carbocycles. The van der Waals surface area contributed by atoms with Gasteiger partial charge in [-0.15, -0.1) is 13.2 Å². The first kappa shape index (κ1) is 24.2. The van der Waals surface area contributed by atoms with E-state index in [-0.39, 0.29) is 42.3 Å². The van der Waals surface area contributed by atoms with E-state index in [1.807, 2.05) is 0 Å². The number of rotatable bonds is 5.